The van der Waals surface area contributed by atoms with Crippen LogP contribution in [0.5, 0.6) is 0 Å². The molecule has 8 heteroatoms. The Morgan fingerprint density at radius 1 is 1.04 bits per heavy atom. The van der Waals surface area contributed by atoms with Gasteiger partial charge in [-0.2, -0.15) is 13.2 Å². The van der Waals surface area contributed by atoms with Gasteiger partial charge in [0.25, 0.3) is 0 Å². The van der Waals surface area contributed by atoms with Crippen LogP contribution in [0.25, 0.3) is 0 Å². The van der Waals surface area contributed by atoms with Gasteiger partial charge in [-0.25, -0.2) is 8.78 Å². The van der Waals surface area contributed by atoms with Gasteiger partial charge in [0.15, 0.2) is 11.6 Å². The van der Waals surface area contributed by atoms with Crippen molar-refractivity contribution in [3.8, 4) is 0 Å². The van der Waals surface area contributed by atoms with Crippen molar-refractivity contribution in [3.05, 3.63) is 70.8 Å². The molecule has 0 fully saturated rings. The lowest BCUT2D eigenvalue weighted by Gasteiger charge is -2.13. The number of halogens is 5. The lowest BCUT2D eigenvalue weighted by Crippen LogP contribution is -2.29. The van der Waals surface area contributed by atoms with E-state index in [9.17, 15) is 31.9 Å². The highest BCUT2D eigenvalue weighted by molar-refractivity contribution is 5.78. The van der Waals surface area contributed by atoms with E-state index in [-0.39, 0.29) is 18.5 Å². The summed E-state index contributed by atoms with van der Waals surface area (Å²) in [5.41, 5.74) is -0.355. The van der Waals surface area contributed by atoms with E-state index in [0.29, 0.717) is 5.56 Å². The molecule has 0 aromatic heterocycles. The fraction of sp³-hybridized carbons (Fsp3) is 0.235. The van der Waals surface area contributed by atoms with Crippen molar-refractivity contribution in [2.75, 3.05) is 6.54 Å². The summed E-state index contributed by atoms with van der Waals surface area (Å²) >= 11 is 0. The summed E-state index contributed by atoms with van der Waals surface area (Å²) in [5, 5.41) is 12.2. The molecule has 0 radical (unpaired) electrons. The van der Waals surface area contributed by atoms with Gasteiger partial charge in [-0.15, -0.1) is 0 Å². The van der Waals surface area contributed by atoms with Gasteiger partial charge in [0, 0.05) is 6.54 Å². The third-order valence-electron chi connectivity index (χ3n) is 3.47. The third-order valence-corrected chi connectivity index (χ3v) is 3.47. The summed E-state index contributed by atoms with van der Waals surface area (Å²) in [6, 6.07) is 6.99. The summed E-state index contributed by atoms with van der Waals surface area (Å²) < 4.78 is 63.3. The molecule has 0 heterocycles. The summed E-state index contributed by atoms with van der Waals surface area (Å²) in [6.45, 7) is -0.245. The standard InChI is InChI=1S/C17H14F5NO2/c18-13-6-3-11(8-14(13)19)15(24)9-23-16(25)7-10-1-4-12(5-2-10)17(20,21)22/h1-6,8,15,24H,7,9H2,(H,23,25)/t15-/m1/s1. The van der Waals surface area contributed by atoms with Crippen LogP contribution in [-0.4, -0.2) is 17.6 Å². The van der Waals surface area contributed by atoms with Crippen LogP contribution in [0.3, 0.4) is 0 Å². The Morgan fingerprint density at radius 2 is 1.68 bits per heavy atom. The number of aliphatic hydroxyl groups excluding tert-OH is 1. The minimum Gasteiger partial charge on any atom is -0.387 e. The molecule has 1 atom stereocenters. The van der Waals surface area contributed by atoms with Crippen LogP contribution < -0.4 is 5.32 Å². The average Bonchev–Trinajstić information content (AvgIpc) is 2.55. The van der Waals surface area contributed by atoms with E-state index in [1.165, 1.54) is 18.2 Å². The maximum Gasteiger partial charge on any atom is 0.416 e. The first kappa shape index (κ1) is 18.9. The molecule has 0 aliphatic heterocycles. The van der Waals surface area contributed by atoms with Crippen molar-refractivity contribution >= 4 is 5.91 Å². The van der Waals surface area contributed by atoms with Crippen LogP contribution in [0.15, 0.2) is 42.5 Å². The largest absolute Gasteiger partial charge is 0.416 e. The lowest BCUT2D eigenvalue weighted by atomic mass is 10.1. The molecule has 0 aliphatic carbocycles. The molecule has 2 aromatic carbocycles. The van der Waals surface area contributed by atoms with Crippen LogP contribution in [0, 0.1) is 11.6 Å². The number of carbonyl (C=O) groups excluding carboxylic acids is 1. The summed E-state index contributed by atoms with van der Waals surface area (Å²) in [5.74, 6) is -2.70. The number of aliphatic hydroxyl groups is 1. The molecule has 3 nitrogen and oxygen atoms in total. The third kappa shape index (κ3) is 5.25. The monoisotopic (exact) mass is 359 g/mol. The molecular formula is C17H14F5NO2. The second kappa shape index (κ2) is 7.60. The second-order valence-electron chi connectivity index (χ2n) is 5.36. The molecular weight excluding hydrogens is 345 g/mol. The maximum absolute atomic E-state index is 13.1. The summed E-state index contributed by atoms with van der Waals surface area (Å²) in [6.07, 6.45) is -5.87. The first-order chi connectivity index (χ1) is 11.7. The second-order valence-corrected chi connectivity index (χ2v) is 5.36. The van der Waals surface area contributed by atoms with Gasteiger partial charge < -0.3 is 10.4 Å². The van der Waals surface area contributed by atoms with Crippen molar-refractivity contribution < 1.29 is 31.9 Å². The summed E-state index contributed by atoms with van der Waals surface area (Å²) in [4.78, 5) is 11.8. The Morgan fingerprint density at radius 3 is 2.24 bits per heavy atom. The number of rotatable bonds is 5. The van der Waals surface area contributed by atoms with Crippen molar-refractivity contribution in [2.45, 2.75) is 18.7 Å². The van der Waals surface area contributed by atoms with E-state index in [4.69, 9.17) is 0 Å². The van der Waals surface area contributed by atoms with Crippen molar-refractivity contribution in [1.29, 1.82) is 0 Å². The average molecular weight is 359 g/mol. The minimum absolute atomic E-state index is 0.0914. The van der Waals surface area contributed by atoms with Crippen LogP contribution in [0.1, 0.15) is 22.8 Å². The van der Waals surface area contributed by atoms with E-state index in [1.54, 1.807) is 0 Å². The lowest BCUT2D eigenvalue weighted by molar-refractivity contribution is -0.137. The van der Waals surface area contributed by atoms with Crippen LogP contribution in [0.2, 0.25) is 0 Å². The number of alkyl halides is 3. The number of amides is 1. The molecule has 1 amide bonds. The zero-order chi connectivity index (χ0) is 18.6. The molecule has 0 bridgehead atoms. The van der Waals surface area contributed by atoms with Crippen LogP contribution >= 0.6 is 0 Å². The smallest absolute Gasteiger partial charge is 0.387 e. The highest BCUT2D eigenvalue weighted by Crippen LogP contribution is 2.29. The van der Waals surface area contributed by atoms with Crippen molar-refractivity contribution in [1.82, 2.24) is 5.32 Å². The quantitative estimate of drug-likeness (QED) is 0.805. The number of carbonyl (C=O) groups is 1. The van der Waals surface area contributed by atoms with E-state index in [2.05, 4.69) is 5.32 Å². The molecule has 2 aromatic rings. The fourth-order valence-corrected chi connectivity index (χ4v) is 2.11. The van der Waals surface area contributed by atoms with E-state index < -0.39 is 35.4 Å². The van der Waals surface area contributed by atoms with Crippen molar-refractivity contribution in [2.24, 2.45) is 0 Å². The Kier molecular flexibility index (Phi) is 5.73. The number of benzene rings is 2. The van der Waals surface area contributed by atoms with E-state index >= 15 is 0 Å². The number of hydrogen-bond donors (Lipinski definition) is 2. The predicted octanol–water partition coefficient (Wildman–Crippen LogP) is 3.38. The Labute approximate surface area is 140 Å². The Balaban J connectivity index is 1.88. The molecule has 0 aliphatic rings. The van der Waals surface area contributed by atoms with Gasteiger partial charge in [-0.1, -0.05) is 18.2 Å². The van der Waals surface area contributed by atoms with Gasteiger partial charge in [0.2, 0.25) is 5.91 Å². The molecule has 2 rings (SSSR count). The van der Waals surface area contributed by atoms with Gasteiger partial charge in [-0.05, 0) is 35.4 Å². The minimum atomic E-state index is -4.45. The zero-order valence-corrected chi connectivity index (χ0v) is 12.8. The number of nitrogens with one attached hydrogen (secondary N) is 1. The highest BCUT2D eigenvalue weighted by Gasteiger charge is 2.29. The Hall–Kier alpha value is -2.48. The molecule has 0 unspecified atom stereocenters. The highest BCUT2D eigenvalue weighted by atomic mass is 19.4. The molecule has 25 heavy (non-hydrogen) atoms. The van der Waals surface area contributed by atoms with Gasteiger partial charge >= 0.3 is 6.18 Å². The van der Waals surface area contributed by atoms with Crippen LogP contribution in [0.4, 0.5) is 22.0 Å². The van der Waals surface area contributed by atoms with Gasteiger partial charge in [0.05, 0.1) is 18.1 Å². The van der Waals surface area contributed by atoms with Crippen molar-refractivity contribution in [3.63, 3.8) is 0 Å². The summed E-state index contributed by atoms with van der Waals surface area (Å²) in [7, 11) is 0. The zero-order valence-electron chi connectivity index (χ0n) is 12.8. The first-order valence-electron chi connectivity index (χ1n) is 7.22. The van der Waals surface area contributed by atoms with Gasteiger partial charge in [-0.3, -0.25) is 4.79 Å². The molecule has 0 saturated heterocycles. The van der Waals surface area contributed by atoms with Gasteiger partial charge in [0.1, 0.15) is 0 Å². The molecule has 134 valence electrons. The molecule has 0 spiro atoms. The maximum atomic E-state index is 13.1. The van der Waals surface area contributed by atoms with E-state index in [1.807, 2.05) is 0 Å². The molecule has 2 N–H and O–H groups in total. The number of hydrogen-bond acceptors (Lipinski definition) is 2. The fourth-order valence-electron chi connectivity index (χ4n) is 2.11. The predicted molar refractivity (Wildman–Crippen MR) is 79.5 cm³/mol. The Bertz CT molecular complexity index is 744. The molecule has 0 saturated carbocycles. The normalized spacial score (nSPS) is 12.7. The van der Waals surface area contributed by atoms with Crippen LogP contribution in [-0.2, 0) is 17.4 Å². The SMILES string of the molecule is O=C(Cc1ccc(C(F)(F)F)cc1)NC[C@@H](O)c1ccc(F)c(F)c1. The first-order valence-corrected chi connectivity index (χ1v) is 7.22. The topological polar surface area (TPSA) is 49.3 Å². The van der Waals surface area contributed by atoms with E-state index in [0.717, 1.165) is 24.3 Å².